The average molecular weight is 546 g/mol. The first-order chi connectivity index (χ1) is 17.8. The first-order valence-electron chi connectivity index (χ1n) is 12.1. The summed E-state index contributed by atoms with van der Waals surface area (Å²) in [4.78, 5) is 27.6. The van der Waals surface area contributed by atoms with Gasteiger partial charge in [-0.15, -0.1) is 0 Å². The second kappa shape index (κ2) is 10.7. The third-order valence-corrected chi connectivity index (χ3v) is 8.24. The smallest absolute Gasteiger partial charge is 0.268 e. The minimum absolute atomic E-state index is 0.0884. The molecule has 2 amide bonds. The Kier molecular flexibility index (Phi) is 7.38. The van der Waals surface area contributed by atoms with Gasteiger partial charge < -0.3 is 19.9 Å². The van der Waals surface area contributed by atoms with Crippen LogP contribution in [-0.2, 0) is 19.6 Å². The Bertz CT molecular complexity index is 1420. The molecule has 3 heterocycles. The number of morpholine rings is 1. The number of hydrogen-bond donors (Lipinski definition) is 3. The zero-order chi connectivity index (χ0) is 26.0. The van der Waals surface area contributed by atoms with E-state index in [1.807, 2.05) is 4.57 Å². The van der Waals surface area contributed by atoms with Crippen LogP contribution in [0.4, 0.5) is 5.69 Å². The van der Waals surface area contributed by atoms with E-state index < -0.39 is 10.0 Å². The minimum Gasteiger partial charge on any atom is -0.379 e. The Morgan fingerprint density at radius 2 is 1.86 bits per heavy atom. The number of nitrogens with zero attached hydrogens (tertiary/aromatic N) is 2. The summed E-state index contributed by atoms with van der Waals surface area (Å²) in [5, 5.41) is 6.98. The highest BCUT2D eigenvalue weighted by Crippen LogP contribution is 2.31. The number of sulfonamides is 1. The van der Waals surface area contributed by atoms with E-state index in [0.29, 0.717) is 48.1 Å². The first kappa shape index (κ1) is 25.5. The van der Waals surface area contributed by atoms with E-state index in [1.165, 1.54) is 24.3 Å². The molecule has 1 saturated heterocycles. The van der Waals surface area contributed by atoms with E-state index in [9.17, 15) is 18.0 Å². The van der Waals surface area contributed by atoms with Gasteiger partial charge in [-0.1, -0.05) is 11.6 Å². The topological polar surface area (TPSA) is 122 Å². The zero-order valence-corrected chi connectivity index (χ0v) is 21.6. The fourth-order valence-corrected chi connectivity index (χ4v) is 5.89. The van der Waals surface area contributed by atoms with Gasteiger partial charge in [0, 0.05) is 60.8 Å². The lowest BCUT2D eigenvalue weighted by Gasteiger charge is -2.28. The van der Waals surface area contributed by atoms with Gasteiger partial charge in [0.25, 0.3) is 15.9 Å². The molecule has 1 atom stereocenters. The van der Waals surface area contributed by atoms with Gasteiger partial charge in [-0.05, 0) is 48.5 Å². The number of hydrogen-bond acceptors (Lipinski definition) is 6. The van der Waals surface area contributed by atoms with Crippen LogP contribution in [0.15, 0.2) is 53.4 Å². The number of halogens is 1. The van der Waals surface area contributed by atoms with Crippen LogP contribution in [0.5, 0.6) is 0 Å². The molecule has 12 heteroatoms. The van der Waals surface area contributed by atoms with Crippen molar-refractivity contribution in [2.75, 3.05) is 50.7 Å². The van der Waals surface area contributed by atoms with E-state index in [-0.39, 0.29) is 29.2 Å². The number of ether oxygens (including phenoxy) is 1. The van der Waals surface area contributed by atoms with Crippen LogP contribution in [0.25, 0.3) is 10.9 Å². The number of benzene rings is 2. The third-order valence-electron chi connectivity index (χ3n) is 6.59. The summed E-state index contributed by atoms with van der Waals surface area (Å²) in [5.74, 6) is -0.321. The molecule has 0 saturated carbocycles. The van der Waals surface area contributed by atoms with Crippen molar-refractivity contribution >= 4 is 50.0 Å². The van der Waals surface area contributed by atoms with Crippen molar-refractivity contribution in [3.8, 4) is 0 Å². The Labute approximate surface area is 220 Å². The normalized spacial score (nSPS) is 18.3. The number of rotatable bonds is 8. The van der Waals surface area contributed by atoms with Crippen molar-refractivity contribution in [3.63, 3.8) is 0 Å². The SMILES string of the molecule is O=C(CC1CNC(=O)c2cc3cc(NS(=O)(=O)c4ccc(Cl)cc4)ccc3n21)NCCN1CCOCC1. The molecular formula is C25H28ClN5O5S. The molecule has 5 rings (SSSR count). The van der Waals surface area contributed by atoms with Gasteiger partial charge in [0.1, 0.15) is 5.69 Å². The van der Waals surface area contributed by atoms with Gasteiger partial charge in [-0.25, -0.2) is 8.42 Å². The first-order valence-corrected chi connectivity index (χ1v) is 13.9. The molecule has 0 bridgehead atoms. The molecule has 1 aromatic heterocycles. The molecule has 3 N–H and O–H groups in total. The van der Waals surface area contributed by atoms with E-state index in [0.717, 1.165) is 25.2 Å². The van der Waals surface area contributed by atoms with Crippen molar-refractivity contribution < 1.29 is 22.7 Å². The maximum atomic E-state index is 12.8. The summed E-state index contributed by atoms with van der Waals surface area (Å²) in [6, 6.07) is 12.4. The molecule has 196 valence electrons. The Hall–Kier alpha value is -3.12. The van der Waals surface area contributed by atoms with Crippen LogP contribution in [0.3, 0.4) is 0 Å². The molecule has 1 unspecified atom stereocenters. The molecule has 0 aliphatic carbocycles. The van der Waals surface area contributed by atoms with Gasteiger partial charge in [-0.2, -0.15) is 0 Å². The molecular weight excluding hydrogens is 518 g/mol. The number of amides is 2. The Balaban J connectivity index is 1.30. The Morgan fingerprint density at radius 1 is 1.11 bits per heavy atom. The standard InChI is InChI=1S/C25H28ClN5O5S/c26-18-1-4-21(5-2-18)37(34,35)29-19-3-6-22-17(13-19)14-23-25(33)28-16-20(31(22)23)15-24(32)27-7-8-30-9-11-36-12-10-30/h1-6,13-14,20,29H,7-12,15-16H2,(H,27,32)(H,28,33). The van der Waals surface area contributed by atoms with Gasteiger partial charge >= 0.3 is 0 Å². The maximum absolute atomic E-state index is 12.8. The lowest BCUT2D eigenvalue weighted by molar-refractivity contribution is -0.121. The fraction of sp³-hybridized carbons (Fsp3) is 0.360. The highest BCUT2D eigenvalue weighted by atomic mass is 35.5. The summed E-state index contributed by atoms with van der Waals surface area (Å²) in [7, 11) is -3.81. The second-order valence-electron chi connectivity index (χ2n) is 9.10. The molecule has 2 aliphatic heterocycles. The second-order valence-corrected chi connectivity index (χ2v) is 11.2. The van der Waals surface area contributed by atoms with Crippen LogP contribution in [0, 0.1) is 0 Å². The number of anilines is 1. The van der Waals surface area contributed by atoms with Crippen LogP contribution in [0.1, 0.15) is 23.0 Å². The van der Waals surface area contributed by atoms with Gasteiger partial charge in [-0.3, -0.25) is 19.2 Å². The number of carbonyl (C=O) groups is 2. The van der Waals surface area contributed by atoms with Gasteiger partial charge in [0.05, 0.1) is 24.2 Å². The lowest BCUT2D eigenvalue weighted by atomic mass is 10.1. The highest BCUT2D eigenvalue weighted by molar-refractivity contribution is 7.92. The Morgan fingerprint density at radius 3 is 2.62 bits per heavy atom. The predicted molar refractivity (Wildman–Crippen MR) is 140 cm³/mol. The molecule has 2 aromatic carbocycles. The number of nitrogens with one attached hydrogen (secondary N) is 3. The van der Waals surface area contributed by atoms with E-state index in [1.54, 1.807) is 24.3 Å². The highest BCUT2D eigenvalue weighted by Gasteiger charge is 2.29. The predicted octanol–water partition coefficient (Wildman–Crippen LogP) is 2.22. The maximum Gasteiger partial charge on any atom is 0.268 e. The summed E-state index contributed by atoms with van der Waals surface area (Å²) in [6.45, 7) is 4.80. The van der Waals surface area contributed by atoms with Crippen LogP contribution >= 0.6 is 11.6 Å². The molecule has 37 heavy (non-hydrogen) atoms. The number of aromatic nitrogens is 1. The molecule has 0 radical (unpaired) electrons. The van der Waals surface area contributed by atoms with E-state index in [4.69, 9.17) is 16.3 Å². The summed E-state index contributed by atoms with van der Waals surface area (Å²) >= 11 is 5.87. The van der Waals surface area contributed by atoms with Crippen LogP contribution in [-0.4, -0.2) is 75.6 Å². The van der Waals surface area contributed by atoms with Crippen LogP contribution in [0.2, 0.25) is 5.02 Å². The van der Waals surface area contributed by atoms with Crippen molar-refractivity contribution in [2.45, 2.75) is 17.4 Å². The average Bonchev–Trinajstić information content (AvgIpc) is 3.26. The third kappa shape index (κ3) is 5.74. The largest absolute Gasteiger partial charge is 0.379 e. The molecule has 10 nitrogen and oxygen atoms in total. The summed E-state index contributed by atoms with van der Waals surface area (Å²) in [5.41, 5.74) is 1.55. The lowest BCUT2D eigenvalue weighted by Crippen LogP contribution is -2.43. The van der Waals surface area contributed by atoms with Crippen molar-refractivity contribution in [2.24, 2.45) is 0 Å². The van der Waals surface area contributed by atoms with Crippen molar-refractivity contribution in [1.29, 1.82) is 0 Å². The van der Waals surface area contributed by atoms with Crippen molar-refractivity contribution in [3.05, 3.63) is 59.2 Å². The fourth-order valence-electron chi connectivity index (χ4n) is 4.72. The quantitative estimate of drug-likeness (QED) is 0.399. The van der Waals surface area contributed by atoms with Crippen LogP contribution < -0.4 is 15.4 Å². The summed E-state index contributed by atoms with van der Waals surface area (Å²) < 4.78 is 35.3. The monoisotopic (exact) mass is 545 g/mol. The van der Waals surface area contributed by atoms with Crippen molar-refractivity contribution in [1.82, 2.24) is 20.1 Å². The molecule has 2 aliphatic rings. The van der Waals surface area contributed by atoms with E-state index >= 15 is 0 Å². The minimum atomic E-state index is -3.81. The van der Waals surface area contributed by atoms with E-state index in [2.05, 4.69) is 20.3 Å². The summed E-state index contributed by atoms with van der Waals surface area (Å²) in [6.07, 6.45) is 0.213. The van der Waals surface area contributed by atoms with Gasteiger partial charge in [0.2, 0.25) is 5.91 Å². The zero-order valence-electron chi connectivity index (χ0n) is 20.1. The van der Waals surface area contributed by atoms with Gasteiger partial charge in [0.15, 0.2) is 0 Å². The molecule has 1 fully saturated rings. The number of fused-ring (bicyclic) bond motifs is 3. The number of carbonyl (C=O) groups excluding carboxylic acids is 2. The molecule has 3 aromatic rings. The molecule has 0 spiro atoms.